The molecule has 204 valence electrons. The Bertz CT molecular complexity index is 1640. The number of carbonyl (C=O) groups excluding carboxylic acids is 2. The summed E-state index contributed by atoms with van der Waals surface area (Å²) < 4.78 is 25.1. The van der Waals surface area contributed by atoms with Gasteiger partial charge in [-0.3, -0.25) is 9.59 Å². The Hall–Kier alpha value is -4.43. The van der Waals surface area contributed by atoms with Crippen LogP contribution in [0.1, 0.15) is 51.5 Å². The SMILES string of the molecule is COc1ccc2c(c1)C(=CC(=O)c1ccc(NC(=O)c3c(-c4c(F)cccc4Cl)noc3C)cc1)NC(C)(C)C2. The van der Waals surface area contributed by atoms with E-state index in [0.717, 1.165) is 23.2 Å². The molecule has 4 aromatic rings. The van der Waals surface area contributed by atoms with Gasteiger partial charge in [0.1, 0.15) is 28.6 Å². The summed E-state index contributed by atoms with van der Waals surface area (Å²) >= 11 is 6.19. The van der Waals surface area contributed by atoms with Gasteiger partial charge in [0.2, 0.25) is 0 Å². The summed E-state index contributed by atoms with van der Waals surface area (Å²) in [7, 11) is 1.61. The predicted molar refractivity (Wildman–Crippen MR) is 152 cm³/mol. The van der Waals surface area contributed by atoms with Crippen LogP contribution in [0.5, 0.6) is 5.75 Å². The lowest BCUT2D eigenvalue weighted by molar-refractivity contribution is 0.102. The van der Waals surface area contributed by atoms with Crippen LogP contribution in [0.3, 0.4) is 0 Å². The molecular weight excluding hydrogens is 533 g/mol. The van der Waals surface area contributed by atoms with Crippen molar-refractivity contribution in [3.05, 3.63) is 106 Å². The van der Waals surface area contributed by atoms with Crippen LogP contribution in [0.2, 0.25) is 5.02 Å². The quantitative estimate of drug-likeness (QED) is 0.198. The van der Waals surface area contributed by atoms with E-state index in [4.69, 9.17) is 20.9 Å². The lowest BCUT2D eigenvalue weighted by Crippen LogP contribution is -2.43. The molecule has 0 radical (unpaired) electrons. The van der Waals surface area contributed by atoms with Gasteiger partial charge in [-0.2, -0.15) is 0 Å². The first kappa shape index (κ1) is 27.1. The van der Waals surface area contributed by atoms with E-state index in [9.17, 15) is 14.0 Å². The van der Waals surface area contributed by atoms with Crippen LogP contribution in [-0.4, -0.2) is 29.5 Å². The minimum atomic E-state index is -0.622. The highest BCUT2D eigenvalue weighted by atomic mass is 35.5. The summed E-state index contributed by atoms with van der Waals surface area (Å²) in [5, 5.41) is 10.2. The Morgan fingerprint density at radius 1 is 1.15 bits per heavy atom. The Morgan fingerprint density at radius 3 is 2.60 bits per heavy atom. The monoisotopic (exact) mass is 559 g/mol. The second-order valence-corrected chi connectivity index (χ2v) is 10.6. The first-order chi connectivity index (χ1) is 19.1. The first-order valence-corrected chi connectivity index (χ1v) is 13.0. The molecule has 0 atom stereocenters. The van der Waals surface area contributed by atoms with Gasteiger partial charge in [-0.15, -0.1) is 0 Å². The van der Waals surface area contributed by atoms with Crippen molar-refractivity contribution < 1.29 is 23.2 Å². The Labute approximate surface area is 236 Å². The first-order valence-electron chi connectivity index (χ1n) is 12.6. The van der Waals surface area contributed by atoms with E-state index < -0.39 is 11.7 Å². The number of amides is 1. The molecule has 1 amide bonds. The van der Waals surface area contributed by atoms with Crippen LogP contribution in [0, 0.1) is 12.7 Å². The molecule has 5 rings (SSSR count). The highest BCUT2D eigenvalue weighted by Gasteiger charge is 2.29. The Morgan fingerprint density at radius 2 is 1.90 bits per heavy atom. The molecule has 40 heavy (non-hydrogen) atoms. The van der Waals surface area contributed by atoms with E-state index in [0.29, 0.717) is 17.0 Å². The number of aryl methyl sites for hydroxylation is 1. The molecule has 9 heteroatoms. The van der Waals surface area contributed by atoms with Crippen molar-refractivity contribution in [2.24, 2.45) is 0 Å². The average Bonchev–Trinajstić information content (AvgIpc) is 3.29. The maximum absolute atomic E-state index is 14.5. The zero-order chi connectivity index (χ0) is 28.6. The molecule has 3 aromatic carbocycles. The van der Waals surface area contributed by atoms with E-state index in [1.807, 2.05) is 18.2 Å². The summed E-state index contributed by atoms with van der Waals surface area (Å²) in [6.45, 7) is 5.72. The van der Waals surface area contributed by atoms with Crippen molar-refractivity contribution in [1.29, 1.82) is 0 Å². The van der Waals surface area contributed by atoms with Crippen LogP contribution in [0.4, 0.5) is 10.1 Å². The molecule has 0 aliphatic carbocycles. The number of hydrogen-bond donors (Lipinski definition) is 2. The largest absolute Gasteiger partial charge is 0.497 e. The number of ether oxygens (including phenoxy) is 1. The molecule has 1 aliphatic rings. The highest BCUT2D eigenvalue weighted by molar-refractivity contribution is 6.33. The van der Waals surface area contributed by atoms with Crippen LogP contribution in [0.15, 0.2) is 71.3 Å². The number of halogens is 2. The zero-order valence-corrected chi connectivity index (χ0v) is 23.2. The summed E-state index contributed by atoms with van der Waals surface area (Å²) in [4.78, 5) is 26.4. The summed E-state index contributed by atoms with van der Waals surface area (Å²) in [5.41, 5.74) is 3.48. The van der Waals surface area contributed by atoms with Gasteiger partial charge in [0.15, 0.2) is 5.78 Å². The van der Waals surface area contributed by atoms with Crippen LogP contribution < -0.4 is 15.4 Å². The van der Waals surface area contributed by atoms with Crippen LogP contribution >= 0.6 is 11.6 Å². The molecule has 7 nitrogen and oxygen atoms in total. The van der Waals surface area contributed by atoms with Gasteiger partial charge in [0.05, 0.1) is 17.7 Å². The predicted octanol–water partition coefficient (Wildman–Crippen LogP) is 6.85. The minimum Gasteiger partial charge on any atom is -0.497 e. The maximum atomic E-state index is 14.5. The molecule has 0 saturated carbocycles. The molecule has 2 heterocycles. The van der Waals surface area contributed by atoms with Gasteiger partial charge in [-0.1, -0.05) is 28.9 Å². The Balaban J connectivity index is 1.38. The molecule has 0 spiro atoms. The third kappa shape index (κ3) is 5.35. The number of hydrogen-bond acceptors (Lipinski definition) is 6. The lowest BCUT2D eigenvalue weighted by atomic mass is 9.85. The fourth-order valence-electron chi connectivity index (χ4n) is 4.81. The van der Waals surface area contributed by atoms with Crippen molar-refractivity contribution in [1.82, 2.24) is 10.5 Å². The average molecular weight is 560 g/mol. The van der Waals surface area contributed by atoms with E-state index in [1.54, 1.807) is 44.4 Å². The number of nitrogens with one attached hydrogen (secondary N) is 2. The number of aromatic nitrogens is 1. The van der Waals surface area contributed by atoms with Gasteiger partial charge in [-0.05, 0) is 81.3 Å². The molecule has 1 aromatic heterocycles. The summed E-state index contributed by atoms with van der Waals surface area (Å²) in [5.74, 6) is -0.442. The van der Waals surface area contributed by atoms with Gasteiger partial charge in [0, 0.05) is 34.1 Å². The summed E-state index contributed by atoms with van der Waals surface area (Å²) in [6, 6.07) is 16.6. The van der Waals surface area contributed by atoms with Crippen LogP contribution in [-0.2, 0) is 6.42 Å². The van der Waals surface area contributed by atoms with Crippen molar-refractivity contribution in [3.63, 3.8) is 0 Å². The van der Waals surface area contributed by atoms with Crippen molar-refractivity contribution in [2.45, 2.75) is 32.7 Å². The number of fused-ring (bicyclic) bond motifs is 1. The maximum Gasteiger partial charge on any atom is 0.261 e. The second-order valence-electron chi connectivity index (χ2n) is 10.2. The van der Waals surface area contributed by atoms with Gasteiger partial charge in [-0.25, -0.2) is 4.39 Å². The van der Waals surface area contributed by atoms with Gasteiger partial charge >= 0.3 is 0 Å². The number of allylic oxidation sites excluding steroid dienone is 1. The number of anilines is 1. The van der Waals surface area contributed by atoms with Crippen molar-refractivity contribution in [3.8, 4) is 17.0 Å². The normalized spacial score (nSPS) is 14.8. The Kier molecular flexibility index (Phi) is 7.21. The number of methoxy groups -OCH3 is 1. The molecular formula is C31H27ClFN3O4. The fraction of sp³-hybridized carbons (Fsp3) is 0.194. The number of nitrogens with zero attached hydrogens (tertiary/aromatic N) is 1. The van der Waals surface area contributed by atoms with Crippen molar-refractivity contribution >= 4 is 34.7 Å². The molecule has 0 bridgehead atoms. The van der Waals surface area contributed by atoms with E-state index in [-0.39, 0.29) is 38.9 Å². The molecule has 0 unspecified atom stereocenters. The third-order valence-electron chi connectivity index (χ3n) is 6.70. The number of carbonyl (C=O) groups is 2. The number of benzene rings is 3. The smallest absolute Gasteiger partial charge is 0.261 e. The molecule has 0 saturated heterocycles. The van der Waals surface area contributed by atoms with E-state index in [1.165, 1.54) is 18.2 Å². The number of rotatable bonds is 6. The van der Waals surface area contributed by atoms with Gasteiger partial charge in [0.25, 0.3) is 5.91 Å². The third-order valence-corrected chi connectivity index (χ3v) is 7.02. The molecule has 0 fully saturated rings. The summed E-state index contributed by atoms with van der Waals surface area (Å²) in [6.07, 6.45) is 2.39. The standard InChI is InChI=1S/C31H27ClFN3O4/c1-17-27(29(36-40-17)28-23(32)6-5-7-24(28)33)30(38)34-20-11-8-18(9-12-20)26(37)15-25-22-14-21(39-4)13-10-19(22)16-31(2,3)35-25/h5-15,35H,16H2,1-4H3,(H,34,38). The second kappa shape index (κ2) is 10.6. The van der Waals surface area contributed by atoms with Crippen molar-refractivity contribution in [2.75, 3.05) is 12.4 Å². The number of ketones is 1. The van der Waals surface area contributed by atoms with E-state index in [2.05, 4.69) is 29.6 Å². The molecule has 1 aliphatic heterocycles. The molecule has 2 N–H and O–H groups in total. The zero-order valence-electron chi connectivity index (χ0n) is 22.4. The lowest BCUT2D eigenvalue weighted by Gasteiger charge is -2.35. The van der Waals surface area contributed by atoms with E-state index >= 15 is 0 Å². The highest BCUT2D eigenvalue weighted by Crippen LogP contribution is 2.34. The van der Waals surface area contributed by atoms with Gasteiger partial charge < -0.3 is 19.9 Å². The minimum absolute atomic E-state index is 0.0105. The van der Waals surface area contributed by atoms with Crippen LogP contribution in [0.25, 0.3) is 17.0 Å². The topological polar surface area (TPSA) is 93.5 Å². The fourth-order valence-corrected chi connectivity index (χ4v) is 5.07.